The second kappa shape index (κ2) is 7.26. The molecule has 0 aromatic carbocycles. The van der Waals surface area contributed by atoms with Crippen molar-refractivity contribution >= 4 is 26.0 Å². The van der Waals surface area contributed by atoms with Gasteiger partial charge in [0.05, 0.1) is 6.54 Å². The van der Waals surface area contributed by atoms with Crippen LogP contribution in [0.15, 0.2) is 20.0 Å². The second-order valence-electron chi connectivity index (χ2n) is 5.94. The van der Waals surface area contributed by atoms with E-state index in [0.29, 0.717) is 30.8 Å². The minimum Gasteiger partial charge on any atom is -0.452 e. The third-order valence-electron chi connectivity index (χ3n) is 3.39. The predicted molar refractivity (Wildman–Crippen MR) is 85.5 cm³/mol. The van der Waals surface area contributed by atoms with Crippen LogP contribution in [-0.4, -0.2) is 21.0 Å². The first-order valence-electron chi connectivity index (χ1n) is 7.39. The molecule has 0 atom stereocenters. The molecule has 1 aromatic rings. The highest BCUT2D eigenvalue weighted by molar-refractivity contribution is 9.10. The van der Waals surface area contributed by atoms with Gasteiger partial charge in [0.15, 0.2) is 4.67 Å². The molecule has 1 saturated carbocycles. The van der Waals surface area contributed by atoms with Crippen molar-refractivity contribution in [3.8, 4) is 0 Å². The maximum atomic E-state index is 12.2. The van der Waals surface area contributed by atoms with Crippen LogP contribution in [0.25, 0.3) is 0 Å². The van der Waals surface area contributed by atoms with Gasteiger partial charge in [0.25, 0.3) is 0 Å². The molecular weight excluding hydrogens is 356 g/mol. The van der Waals surface area contributed by atoms with Crippen molar-refractivity contribution in [2.24, 2.45) is 5.92 Å². The standard InChI is InChI=1S/C14H23BrN2O3S/c1-10(2)4-3-7-17-21(18,19)13-8-12(20-14(13)15)9-16-11-5-6-11/h8,10-11,16-17H,3-7,9H2,1-2H3. The molecule has 0 spiro atoms. The summed E-state index contributed by atoms with van der Waals surface area (Å²) in [6.45, 7) is 5.26. The van der Waals surface area contributed by atoms with Gasteiger partial charge in [0.2, 0.25) is 10.0 Å². The minimum atomic E-state index is -3.51. The molecule has 1 fully saturated rings. The number of nitrogens with one attached hydrogen (secondary N) is 2. The third kappa shape index (κ3) is 5.39. The molecule has 0 bridgehead atoms. The highest BCUT2D eigenvalue weighted by Crippen LogP contribution is 2.27. The van der Waals surface area contributed by atoms with Crippen molar-refractivity contribution < 1.29 is 12.8 Å². The van der Waals surface area contributed by atoms with E-state index in [1.165, 1.54) is 12.8 Å². The lowest BCUT2D eigenvalue weighted by Crippen LogP contribution is -2.25. The molecule has 1 aromatic heterocycles. The summed E-state index contributed by atoms with van der Waals surface area (Å²) in [5.41, 5.74) is 0. The van der Waals surface area contributed by atoms with E-state index in [1.807, 2.05) is 0 Å². The number of rotatable bonds is 9. The second-order valence-corrected chi connectivity index (χ2v) is 8.40. The van der Waals surface area contributed by atoms with Gasteiger partial charge in [-0.3, -0.25) is 0 Å². The Bertz CT molecular complexity index is 565. The van der Waals surface area contributed by atoms with Crippen LogP contribution in [0.5, 0.6) is 0 Å². The van der Waals surface area contributed by atoms with Gasteiger partial charge in [0.1, 0.15) is 10.7 Å². The van der Waals surface area contributed by atoms with Crippen LogP contribution in [0, 0.1) is 5.92 Å². The van der Waals surface area contributed by atoms with E-state index < -0.39 is 10.0 Å². The molecular formula is C14H23BrN2O3S. The molecule has 2 rings (SSSR count). The van der Waals surface area contributed by atoms with Gasteiger partial charge in [-0.15, -0.1) is 0 Å². The maximum absolute atomic E-state index is 12.2. The Morgan fingerprint density at radius 3 is 2.76 bits per heavy atom. The van der Waals surface area contributed by atoms with Crippen LogP contribution in [0.4, 0.5) is 0 Å². The summed E-state index contributed by atoms with van der Waals surface area (Å²) >= 11 is 3.19. The Kier molecular flexibility index (Phi) is 5.88. The van der Waals surface area contributed by atoms with Crippen LogP contribution in [0.1, 0.15) is 45.3 Å². The summed E-state index contributed by atoms with van der Waals surface area (Å²) in [6, 6.07) is 2.15. The zero-order valence-corrected chi connectivity index (χ0v) is 14.9. The summed E-state index contributed by atoms with van der Waals surface area (Å²) in [6.07, 6.45) is 4.21. The van der Waals surface area contributed by atoms with Crippen LogP contribution < -0.4 is 10.0 Å². The van der Waals surface area contributed by atoms with Crippen LogP contribution in [0.2, 0.25) is 0 Å². The van der Waals surface area contributed by atoms with Gasteiger partial charge in [-0.2, -0.15) is 0 Å². The van der Waals surface area contributed by atoms with Crippen molar-refractivity contribution in [3.05, 3.63) is 16.5 Å². The molecule has 1 aliphatic carbocycles. The Hall–Kier alpha value is -0.370. The van der Waals surface area contributed by atoms with Crippen LogP contribution in [0.3, 0.4) is 0 Å². The SMILES string of the molecule is CC(C)CCCNS(=O)(=O)c1cc(CNC2CC2)oc1Br. The molecule has 0 unspecified atom stereocenters. The first kappa shape index (κ1) is 17.0. The highest BCUT2D eigenvalue weighted by Gasteiger charge is 2.24. The molecule has 1 aliphatic rings. The largest absolute Gasteiger partial charge is 0.452 e. The summed E-state index contributed by atoms with van der Waals surface area (Å²) in [5.74, 6) is 1.21. The van der Waals surface area contributed by atoms with Crippen molar-refractivity contribution in [3.63, 3.8) is 0 Å². The van der Waals surface area contributed by atoms with E-state index >= 15 is 0 Å². The molecule has 0 aliphatic heterocycles. The first-order chi connectivity index (χ1) is 9.88. The molecule has 1 heterocycles. The molecule has 7 heteroatoms. The van der Waals surface area contributed by atoms with E-state index in [9.17, 15) is 8.42 Å². The van der Waals surface area contributed by atoms with Gasteiger partial charge in [0, 0.05) is 18.7 Å². The normalized spacial score (nSPS) is 15.8. The van der Waals surface area contributed by atoms with Gasteiger partial charge in [-0.05, 0) is 47.5 Å². The van der Waals surface area contributed by atoms with Crippen molar-refractivity contribution in [1.82, 2.24) is 10.0 Å². The predicted octanol–water partition coefficient (Wildman–Crippen LogP) is 3.01. The van der Waals surface area contributed by atoms with Crippen LogP contribution in [-0.2, 0) is 16.6 Å². The van der Waals surface area contributed by atoms with Crippen LogP contribution >= 0.6 is 15.9 Å². The zero-order valence-electron chi connectivity index (χ0n) is 12.5. The summed E-state index contributed by atoms with van der Waals surface area (Å²) < 4.78 is 32.8. The summed E-state index contributed by atoms with van der Waals surface area (Å²) in [4.78, 5) is 0.180. The fourth-order valence-electron chi connectivity index (χ4n) is 2.00. The molecule has 0 radical (unpaired) electrons. The number of furan rings is 1. The number of sulfonamides is 1. The first-order valence-corrected chi connectivity index (χ1v) is 9.67. The molecule has 120 valence electrons. The Morgan fingerprint density at radius 1 is 1.43 bits per heavy atom. The van der Waals surface area contributed by atoms with E-state index in [0.717, 1.165) is 12.8 Å². The number of hydrogen-bond donors (Lipinski definition) is 2. The van der Waals surface area contributed by atoms with E-state index in [-0.39, 0.29) is 9.56 Å². The van der Waals surface area contributed by atoms with Crippen molar-refractivity contribution in [2.45, 2.75) is 57.0 Å². The Balaban J connectivity index is 1.91. The lowest BCUT2D eigenvalue weighted by atomic mass is 10.1. The number of halogens is 1. The van der Waals surface area contributed by atoms with Gasteiger partial charge in [-0.1, -0.05) is 13.8 Å². The fraction of sp³-hybridized carbons (Fsp3) is 0.714. The van der Waals surface area contributed by atoms with Gasteiger partial charge in [-0.25, -0.2) is 13.1 Å². The summed E-state index contributed by atoms with van der Waals surface area (Å²) in [7, 11) is -3.51. The lowest BCUT2D eigenvalue weighted by molar-refractivity contribution is 0.460. The molecule has 5 nitrogen and oxygen atoms in total. The average molecular weight is 379 g/mol. The zero-order chi connectivity index (χ0) is 15.5. The third-order valence-corrected chi connectivity index (χ3v) is 5.71. The monoisotopic (exact) mass is 378 g/mol. The fourth-order valence-corrected chi connectivity index (χ4v) is 4.06. The molecule has 0 amide bonds. The quantitative estimate of drug-likeness (QED) is 0.647. The molecule has 0 saturated heterocycles. The van der Waals surface area contributed by atoms with Gasteiger partial charge < -0.3 is 9.73 Å². The summed E-state index contributed by atoms with van der Waals surface area (Å²) in [5, 5.41) is 3.30. The highest BCUT2D eigenvalue weighted by atomic mass is 79.9. The van der Waals surface area contributed by atoms with Gasteiger partial charge >= 0.3 is 0 Å². The van der Waals surface area contributed by atoms with Crippen molar-refractivity contribution in [1.29, 1.82) is 0 Å². The smallest absolute Gasteiger partial charge is 0.244 e. The Labute approximate surface area is 135 Å². The minimum absolute atomic E-state index is 0.180. The molecule has 2 N–H and O–H groups in total. The van der Waals surface area contributed by atoms with E-state index in [1.54, 1.807) is 6.07 Å². The topological polar surface area (TPSA) is 71.3 Å². The van der Waals surface area contributed by atoms with E-state index in [4.69, 9.17) is 4.42 Å². The average Bonchev–Trinajstić information content (AvgIpc) is 3.14. The lowest BCUT2D eigenvalue weighted by Gasteiger charge is -2.06. The Morgan fingerprint density at radius 2 is 2.14 bits per heavy atom. The maximum Gasteiger partial charge on any atom is 0.244 e. The van der Waals surface area contributed by atoms with Crippen molar-refractivity contribution in [2.75, 3.05) is 6.54 Å². The van der Waals surface area contributed by atoms with E-state index in [2.05, 4.69) is 39.8 Å². The molecule has 21 heavy (non-hydrogen) atoms. The number of hydrogen-bond acceptors (Lipinski definition) is 4.